The molecule has 1 heterocycles. The smallest absolute Gasteiger partial charge is 0.295 e. The van der Waals surface area contributed by atoms with Gasteiger partial charge in [0.15, 0.2) is 0 Å². The van der Waals surface area contributed by atoms with Crippen LogP contribution in [-0.2, 0) is 14.3 Å². The normalized spacial score (nSPS) is 18.9. The maximum Gasteiger partial charge on any atom is 0.295 e. The average molecular weight is 406 g/mol. The predicted molar refractivity (Wildman–Crippen MR) is 104 cm³/mol. The molecule has 7 heteroatoms. The first-order valence-corrected chi connectivity index (χ1v) is 8.98. The van der Waals surface area contributed by atoms with Crippen molar-refractivity contribution < 1.29 is 19.4 Å². The SMILES string of the molecule is COCCN1C(=O)C(=O)/C(=C(/O)c2ccc(Cl)cc2)[C@@H]1c1cccc(Cl)c1. The Hall–Kier alpha value is -2.34. The second-order valence-corrected chi connectivity index (χ2v) is 6.92. The zero-order valence-electron chi connectivity index (χ0n) is 14.5. The summed E-state index contributed by atoms with van der Waals surface area (Å²) < 4.78 is 5.06. The minimum absolute atomic E-state index is 0.0145. The number of Topliss-reactive ketones (excluding diaryl/α,β-unsaturated/α-hetero) is 1. The molecule has 0 aromatic heterocycles. The van der Waals surface area contributed by atoms with Crippen molar-refractivity contribution in [3.63, 3.8) is 0 Å². The molecule has 1 atom stereocenters. The second kappa shape index (κ2) is 8.13. The molecule has 0 radical (unpaired) electrons. The number of aliphatic hydroxyl groups is 1. The average Bonchev–Trinajstić information content (AvgIpc) is 2.91. The Balaban J connectivity index is 2.16. The van der Waals surface area contributed by atoms with Gasteiger partial charge < -0.3 is 14.7 Å². The number of likely N-dealkylation sites (tertiary alicyclic amines) is 1. The fourth-order valence-electron chi connectivity index (χ4n) is 3.09. The number of hydrogen-bond acceptors (Lipinski definition) is 4. The number of ketones is 1. The highest BCUT2D eigenvalue weighted by atomic mass is 35.5. The van der Waals surface area contributed by atoms with E-state index in [4.69, 9.17) is 27.9 Å². The third-order valence-electron chi connectivity index (χ3n) is 4.36. The van der Waals surface area contributed by atoms with E-state index < -0.39 is 17.7 Å². The summed E-state index contributed by atoms with van der Waals surface area (Å²) in [4.78, 5) is 26.7. The molecule has 1 aliphatic heterocycles. The molecule has 1 fully saturated rings. The highest BCUT2D eigenvalue weighted by molar-refractivity contribution is 6.46. The molecule has 27 heavy (non-hydrogen) atoms. The highest BCUT2D eigenvalue weighted by Crippen LogP contribution is 2.39. The van der Waals surface area contributed by atoms with Crippen LogP contribution in [0.3, 0.4) is 0 Å². The van der Waals surface area contributed by atoms with Crippen LogP contribution in [0.2, 0.25) is 10.0 Å². The van der Waals surface area contributed by atoms with Crippen LogP contribution in [0.15, 0.2) is 54.1 Å². The van der Waals surface area contributed by atoms with Gasteiger partial charge in [-0.25, -0.2) is 0 Å². The number of carbonyl (C=O) groups excluding carboxylic acids is 2. The van der Waals surface area contributed by atoms with E-state index in [1.54, 1.807) is 48.5 Å². The number of hydrogen-bond donors (Lipinski definition) is 1. The monoisotopic (exact) mass is 405 g/mol. The standard InChI is InChI=1S/C20H17Cl2NO4/c1-27-10-9-23-17(13-3-2-4-15(22)11-13)16(19(25)20(23)26)18(24)12-5-7-14(21)8-6-12/h2-8,11,17,24H,9-10H2,1H3/b18-16+/t17-/m0/s1. The van der Waals surface area contributed by atoms with Crippen molar-refractivity contribution in [1.29, 1.82) is 0 Å². The van der Waals surface area contributed by atoms with E-state index in [-0.39, 0.29) is 24.5 Å². The van der Waals surface area contributed by atoms with Crippen molar-refractivity contribution in [2.75, 3.05) is 20.3 Å². The summed E-state index contributed by atoms with van der Waals surface area (Å²) >= 11 is 12.0. The van der Waals surface area contributed by atoms with Crippen LogP contribution < -0.4 is 0 Å². The summed E-state index contributed by atoms with van der Waals surface area (Å²) in [5.41, 5.74) is 1.05. The molecule has 0 aliphatic carbocycles. The van der Waals surface area contributed by atoms with Crippen LogP contribution in [-0.4, -0.2) is 42.0 Å². The first-order chi connectivity index (χ1) is 12.9. The second-order valence-electron chi connectivity index (χ2n) is 6.05. The molecule has 0 spiro atoms. The molecule has 1 aliphatic rings. The Morgan fingerprint density at radius 3 is 2.44 bits per heavy atom. The van der Waals surface area contributed by atoms with Gasteiger partial charge in [-0.15, -0.1) is 0 Å². The van der Waals surface area contributed by atoms with E-state index >= 15 is 0 Å². The number of methoxy groups -OCH3 is 1. The minimum atomic E-state index is -0.755. The number of nitrogens with zero attached hydrogens (tertiary/aromatic N) is 1. The maximum absolute atomic E-state index is 12.7. The topological polar surface area (TPSA) is 66.8 Å². The van der Waals surface area contributed by atoms with Gasteiger partial charge in [-0.1, -0.05) is 35.3 Å². The third kappa shape index (κ3) is 3.86. The van der Waals surface area contributed by atoms with E-state index in [1.165, 1.54) is 12.0 Å². The van der Waals surface area contributed by atoms with Gasteiger partial charge in [0.05, 0.1) is 18.2 Å². The van der Waals surface area contributed by atoms with Gasteiger partial charge in [0.1, 0.15) is 5.76 Å². The molecule has 0 saturated carbocycles. The Morgan fingerprint density at radius 2 is 1.81 bits per heavy atom. The van der Waals surface area contributed by atoms with Gasteiger partial charge in [0.2, 0.25) is 0 Å². The molecule has 1 N–H and O–H groups in total. The van der Waals surface area contributed by atoms with E-state index in [1.807, 2.05) is 0 Å². The molecule has 1 saturated heterocycles. The number of rotatable bonds is 5. The van der Waals surface area contributed by atoms with Gasteiger partial charge in [-0.2, -0.15) is 0 Å². The van der Waals surface area contributed by atoms with E-state index in [9.17, 15) is 14.7 Å². The first kappa shape index (κ1) is 19.4. The molecule has 5 nitrogen and oxygen atoms in total. The third-order valence-corrected chi connectivity index (χ3v) is 4.85. The first-order valence-electron chi connectivity index (χ1n) is 8.22. The molecular formula is C20H17Cl2NO4. The minimum Gasteiger partial charge on any atom is -0.507 e. The summed E-state index contributed by atoms with van der Waals surface area (Å²) in [5, 5.41) is 11.8. The van der Waals surface area contributed by atoms with Crippen molar-refractivity contribution in [3.05, 3.63) is 75.3 Å². The number of halogens is 2. The Morgan fingerprint density at radius 1 is 1.11 bits per heavy atom. The lowest BCUT2D eigenvalue weighted by Crippen LogP contribution is -2.32. The molecule has 0 unspecified atom stereocenters. The van der Waals surface area contributed by atoms with Crippen molar-refractivity contribution >= 4 is 40.7 Å². The zero-order valence-corrected chi connectivity index (χ0v) is 16.0. The van der Waals surface area contributed by atoms with Gasteiger partial charge in [-0.05, 0) is 42.0 Å². The van der Waals surface area contributed by atoms with Gasteiger partial charge in [-0.3, -0.25) is 9.59 Å². The highest BCUT2D eigenvalue weighted by Gasteiger charge is 2.45. The number of ether oxygens (including phenoxy) is 1. The number of carbonyl (C=O) groups is 2. The molecular weight excluding hydrogens is 389 g/mol. The summed E-state index contributed by atoms with van der Waals surface area (Å²) in [5.74, 6) is -1.69. The molecule has 0 bridgehead atoms. The van der Waals surface area contributed by atoms with E-state index in [2.05, 4.69) is 0 Å². The Labute approximate surface area is 166 Å². The van der Waals surface area contributed by atoms with Crippen LogP contribution in [0, 0.1) is 0 Å². The van der Waals surface area contributed by atoms with Crippen LogP contribution >= 0.6 is 23.2 Å². The lowest BCUT2D eigenvalue weighted by molar-refractivity contribution is -0.140. The lowest BCUT2D eigenvalue weighted by atomic mass is 9.95. The molecule has 2 aromatic rings. The lowest BCUT2D eigenvalue weighted by Gasteiger charge is -2.25. The van der Waals surface area contributed by atoms with E-state index in [0.29, 0.717) is 21.2 Å². The number of benzene rings is 2. The predicted octanol–water partition coefficient (Wildman–Crippen LogP) is 4.06. The zero-order chi connectivity index (χ0) is 19.6. The van der Waals surface area contributed by atoms with Gasteiger partial charge >= 0.3 is 0 Å². The van der Waals surface area contributed by atoms with Crippen LogP contribution in [0.4, 0.5) is 0 Å². The number of amides is 1. The Bertz CT molecular complexity index is 908. The van der Waals surface area contributed by atoms with Crippen LogP contribution in [0.25, 0.3) is 5.76 Å². The van der Waals surface area contributed by atoms with Crippen molar-refractivity contribution in [3.8, 4) is 0 Å². The molecule has 2 aromatic carbocycles. The Kier molecular flexibility index (Phi) is 5.85. The summed E-state index contributed by atoms with van der Waals surface area (Å²) in [6.45, 7) is 0.459. The molecule has 3 rings (SSSR count). The fourth-order valence-corrected chi connectivity index (χ4v) is 3.41. The number of aliphatic hydroxyl groups excluding tert-OH is 1. The summed E-state index contributed by atoms with van der Waals surface area (Å²) in [6.07, 6.45) is 0. The molecule has 140 valence electrons. The fraction of sp³-hybridized carbons (Fsp3) is 0.200. The summed E-state index contributed by atoms with van der Waals surface area (Å²) in [7, 11) is 1.51. The van der Waals surface area contributed by atoms with Crippen molar-refractivity contribution in [1.82, 2.24) is 4.90 Å². The van der Waals surface area contributed by atoms with Gasteiger partial charge in [0.25, 0.3) is 11.7 Å². The van der Waals surface area contributed by atoms with E-state index in [0.717, 1.165) is 0 Å². The van der Waals surface area contributed by atoms with Crippen molar-refractivity contribution in [2.24, 2.45) is 0 Å². The van der Waals surface area contributed by atoms with Crippen molar-refractivity contribution in [2.45, 2.75) is 6.04 Å². The van der Waals surface area contributed by atoms with Crippen LogP contribution in [0.5, 0.6) is 0 Å². The molecule has 1 amide bonds. The van der Waals surface area contributed by atoms with Crippen LogP contribution in [0.1, 0.15) is 17.2 Å². The summed E-state index contributed by atoms with van der Waals surface area (Å²) in [6, 6.07) is 12.5. The largest absolute Gasteiger partial charge is 0.507 e. The van der Waals surface area contributed by atoms with Gasteiger partial charge in [0, 0.05) is 29.3 Å². The quantitative estimate of drug-likeness (QED) is 0.462. The maximum atomic E-state index is 12.7.